The molecule has 0 bridgehead atoms. The van der Waals surface area contributed by atoms with E-state index in [0.29, 0.717) is 12.2 Å². The summed E-state index contributed by atoms with van der Waals surface area (Å²) in [5.74, 6) is 0. The number of nitrogens with zero attached hydrogens (tertiary/aromatic N) is 2. The molecule has 88 valence electrons. The number of benzene rings is 1. The minimum absolute atomic E-state index is 0.0647. The summed E-state index contributed by atoms with van der Waals surface area (Å²) in [5.41, 5.74) is 0.754. The number of anilines is 1. The Hall–Kier alpha value is -1.47. The fraction of sp³-hybridized carbons (Fsp3) is 0.100. The number of nitrogens with one attached hydrogen (secondary N) is 1. The van der Waals surface area contributed by atoms with Gasteiger partial charge in [-0.05, 0) is 22.0 Å². The van der Waals surface area contributed by atoms with Crippen molar-refractivity contribution in [3.8, 4) is 0 Å². The van der Waals surface area contributed by atoms with Crippen molar-refractivity contribution in [1.29, 1.82) is 0 Å². The third kappa shape index (κ3) is 3.01. The maximum atomic E-state index is 10.6. The van der Waals surface area contributed by atoms with Gasteiger partial charge in [-0.1, -0.05) is 0 Å². The third-order valence-electron chi connectivity index (χ3n) is 2.07. The Morgan fingerprint density at radius 2 is 2.35 bits per heavy atom. The Balaban J connectivity index is 2.14. The van der Waals surface area contributed by atoms with Crippen molar-refractivity contribution in [1.82, 2.24) is 4.98 Å². The average Bonchev–Trinajstić information content (AvgIpc) is 2.80. The fourth-order valence-electron chi connectivity index (χ4n) is 1.27. The van der Waals surface area contributed by atoms with Crippen LogP contribution in [0.2, 0.25) is 0 Å². The van der Waals surface area contributed by atoms with Gasteiger partial charge in [0.25, 0.3) is 5.69 Å². The quantitative estimate of drug-likeness (QED) is 0.693. The molecule has 0 saturated heterocycles. The number of nitro groups is 1. The standard InChI is InChI=1S/C10H8BrN3O2S/c11-8-2-1-7(14(15)16)5-9(8)13-6-10-12-3-4-17-10/h1-5,13H,6H2. The van der Waals surface area contributed by atoms with Crippen LogP contribution in [0, 0.1) is 10.1 Å². The molecule has 5 nitrogen and oxygen atoms in total. The minimum Gasteiger partial charge on any atom is -0.377 e. The number of hydrogen-bond acceptors (Lipinski definition) is 5. The lowest BCUT2D eigenvalue weighted by molar-refractivity contribution is -0.384. The maximum Gasteiger partial charge on any atom is 0.271 e. The van der Waals surface area contributed by atoms with E-state index >= 15 is 0 Å². The van der Waals surface area contributed by atoms with Gasteiger partial charge in [-0.25, -0.2) is 4.98 Å². The van der Waals surface area contributed by atoms with Gasteiger partial charge in [0.1, 0.15) is 5.01 Å². The fourth-order valence-corrected chi connectivity index (χ4v) is 2.22. The summed E-state index contributed by atoms with van der Waals surface area (Å²) in [6, 6.07) is 4.61. The predicted molar refractivity (Wildman–Crippen MR) is 70.2 cm³/mol. The predicted octanol–water partition coefficient (Wildman–Crippen LogP) is 3.43. The Labute approximate surface area is 110 Å². The zero-order valence-corrected chi connectivity index (χ0v) is 11.0. The highest BCUT2D eigenvalue weighted by atomic mass is 79.9. The minimum atomic E-state index is -0.416. The van der Waals surface area contributed by atoms with E-state index in [4.69, 9.17) is 0 Å². The van der Waals surface area contributed by atoms with Crippen LogP contribution in [-0.2, 0) is 6.54 Å². The van der Waals surface area contributed by atoms with Gasteiger partial charge in [0.15, 0.2) is 0 Å². The van der Waals surface area contributed by atoms with Crippen molar-refractivity contribution in [3.05, 3.63) is 49.4 Å². The van der Waals surface area contributed by atoms with Crippen LogP contribution in [0.3, 0.4) is 0 Å². The number of nitro benzene ring substituents is 1. The van der Waals surface area contributed by atoms with Crippen LogP contribution < -0.4 is 5.32 Å². The molecular weight excluding hydrogens is 306 g/mol. The van der Waals surface area contributed by atoms with Crippen LogP contribution in [0.4, 0.5) is 11.4 Å². The first kappa shape index (κ1) is 12.0. The number of aromatic nitrogens is 1. The van der Waals surface area contributed by atoms with E-state index in [1.807, 2.05) is 5.38 Å². The van der Waals surface area contributed by atoms with E-state index in [1.54, 1.807) is 12.3 Å². The third-order valence-corrected chi connectivity index (χ3v) is 3.55. The van der Waals surface area contributed by atoms with E-state index < -0.39 is 4.92 Å². The highest BCUT2D eigenvalue weighted by molar-refractivity contribution is 9.10. The zero-order chi connectivity index (χ0) is 12.3. The second-order valence-electron chi connectivity index (χ2n) is 3.20. The van der Waals surface area contributed by atoms with Crippen molar-refractivity contribution in [3.63, 3.8) is 0 Å². The molecule has 7 heteroatoms. The molecule has 2 aromatic rings. The van der Waals surface area contributed by atoms with Crippen molar-refractivity contribution in [2.45, 2.75) is 6.54 Å². The number of thiazole rings is 1. The van der Waals surface area contributed by atoms with Gasteiger partial charge in [0.2, 0.25) is 0 Å². The Kier molecular flexibility index (Phi) is 3.70. The molecular formula is C10H8BrN3O2S. The average molecular weight is 314 g/mol. The lowest BCUT2D eigenvalue weighted by Crippen LogP contribution is -2.00. The van der Waals surface area contributed by atoms with Crippen LogP contribution in [-0.4, -0.2) is 9.91 Å². The smallest absolute Gasteiger partial charge is 0.271 e. The van der Waals surface area contributed by atoms with Gasteiger partial charge in [0.05, 0.1) is 17.2 Å². The van der Waals surface area contributed by atoms with E-state index in [-0.39, 0.29) is 5.69 Å². The first-order valence-corrected chi connectivity index (χ1v) is 6.40. The highest BCUT2D eigenvalue weighted by Gasteiger charge is 2.09. The maximum absolute atomic E-state index is 10.6. The van der Waals surface area contributed by atoms with E-state index in [0.717, 1.165) is 9.48 Å². The summed E-state index contributed by atoms with van der Waals surface area (Å²) in [5, 5.41) is 16.6. The molecule has 0 spiro atoms. The molecule has 1 aromatic carbocycles. The summed E-state index contributed by atoms with van der Waals surface area (Å²) in [6.07, 6.45) is 1.73. The van der Waals surface area contributed by atoms with Gasteiger partial charge in [-0.2, -0.15) is 0 Å². The number of non-ortho nitro benzene ring substituents is 1. The van der Waals surface area contributed by atoms with Crippen molar-refractivity contribution >= 4 is 38.6 Å². The molecule has 1 aromatic heterocycles. The molecule has 0 aliphatic rings. The summed E-state index contributed by atoms with van der Waals surface area (Å²) < 4.78 is 0.791. The topological polar surface area (TPSA) is 68.1 Å². The normalized spacial score (nSPS) is 10.2. The molecule has 0 unspecified atom stereocenters. The largest absolute Gasteiger partial charge is 0.377 e. The zero-order valence-electron chi connectivity index (χ0n) is 8.59. The molecule has 0 saturated carbocycles. The van der Waals surface area contributed by atoms with Crippen molar-refractivity contribution in [2.75, 3.05) is 5.32 Å². The van der Waals surface area contributed by atoms with Crippen LogP contribution in [0.5, 0.6) is 0 Å². The Morgan fingerprint density at radius 1 is 1.53 bits per heavy atom. The molecule has 0 radical (unpaired) electrons. The first-order chi connectivity index (χ1) is 8.16. The second kappa shape index (κ2) is 5.24. The van der Waals surface area contributed by atoms with Gasteiger partial charge in [0, 0.05) is 28.2 Å². The molecule has 17 heavy (non-hydrogen) atoms. The first-order valence-electron chi connectivity index (χ1n) is 4.73. The summed E-state index contributed by atoms with van der Waals surface area (Å²) in [4.78, 5) is 14.4. The molecule has 1 heterocycles. The van der Waals surface area contributed by atoms with Crippen LogP contribution in [0.25, 0.3) is 0 Å². The molecule has 0 aliphatic carbocycles. The number of halogens is 1. The highest BCUT2D eigenvalue weighted by Crippen LogP contribution is 2.27. The van der Waals surface area contributed by atoms with E-state index in [2.05, 4.69) is 26.2 Å². The van der Waals surface area contributed by atoms with Gasteiger partial charge >= 0.3 is 0 Å². The van der Waals surface area contributed by atoms with E-state index in [9.17, 15) is 10.1 Å². The van der Waals surface area contributed by atoms with Gasteiger partial charge in [-0.3, -0.25) is 10.1 Å². The van der Waals surface area contributed by atoms with Crippen LogP contribution in [0.15, 0.2) is 34.2 Å². The monoisotopic (exact) mass is 313 g/mol. The molecule has 1 N–H and O–H groups in total. The Morgan fingerprint density at radius 3 is 3.00 bits per heavy atom. The molecule has 2 rings (SSSR count). The summed E-state index contributed by atoms with van der Waals surface area (Å²) in [6.45, 7) is 0.553. The van der Waals surface area contributed by atoms with Crippen LogP contribution in [0.1, 0.15) is 5.01 Å². The SMILES string of the molecule is O=[N+]([O-])c1ccc(Br)c(NCc2nccs2)c1. The van der Waals surface area contributed by atoms with Crippen molar-refractivity contribution < 1.29 is 4.92 Å². The number of rotatable bonds is 4. The van der Waals surface area contributed by atoms with Crippen molar-refractivity contribution in [2.24, 2.45) is 0 Å². The van der Waals surface area contributed by atoms with Gasteiger partial charge < -0.3 is 5.32 Å². The van der Waals surface area contributed by atoms with Crippen LogP contribution >= 0.6 is 27.3 Å². The molecule has 0 aliphatic heterocycles. The van der Waals surface area contributed by atoms with E-state index in [1.165, 1.54) is 23.5 Å². The second-order valence-corrected chi connectivity index (χ2v) is 5.03. The van der Waals surface area contributed by atoms with Gasteiger partial charge in [-0.15, -0.1) is 11.3 Å². The Bertz CT molecular complexity index is 530. The lowest BCUT2D eigenvalue weighted by atomic mass is 10.3. The summed E-state index contributed by atoms with van der Waals surface area (Å²) >= 11 is 4.88. The molecule has 0 atom stereocenters. The number of hydrogen-bond donors (Lipinski definition) is 1. The molecule has 0 amide bonds. The molecule has 0 fully saturated rings. The summed E-state index contributed by atoms with van der Waals surface area (Å²) in [7, 11) is 0. The lowest BCUT2D eigenvalue weighted by Gasteiger charge is -2.06.